The highest BCUT2D eigenvalue weighted by molar-refractivity contribution is 5.69. The van der Waals surface area contributed by atoms with Crippen LogP contribution >= 0.6 is 0 Å². The van der Waals surface area contributed by atoms with Gasteiger partial charge in [-0.15, -0.1) is 0 Å². The molecule has 0 radical (unpaired) electrons. The van der Waals surface area contributed by atoms with Crippen LogP contribution in [0.4, 0.5) is 0 Å². The summed E-state index contributed by atoms with van der Waals surface area (Å²) >= 11 is 0. The van der Waals surface area contributed by atoms with Crippen molar-refractivity contribution in [2.24, 2.45) is 11.8 Å². The van der Waals surface area contributed by atoms with Crippen LogP contribution in [0, 0.1) is 11.8 Å². The molecule has 0 aromatic heterocycles. The number of allylic oxidation sites excluding steroid dienone is 12. The second-order valence-electron chi connectivity index (χ2n) is 18.6. The lowest BCUT2D eigenvalue weighted by Crippen LogP contribution is -2.26. The predicted octanol–water partition coefficient (Wildman–Crippen LogP) is 17.1. The molecule has 1 fully saturated rings. The molecular formula is C58H101NO4. The van der Waals surface area contributed by atoms with Gasteiger partial charge in [0, 0.05) is 31.9 Å². The molecule has 0 aliphatic heterocycles. The smallest absolute Gasteiger partial charge is 0.306 e. The van der Waals surface area contributed by atoms with Gasteiger partial charge in [-0.1, -0.05) is 190 Å². The number of unbranched alkanes of at least 4 members (excludes halogenated alkanes) is 18. The summed E-state index contributed by atoms with van der Waals surface area (Å²) in [5.41, 5.74) is 0. The lowest BCUT2D eigenvalue weighted by atomic mass is 9.88. The minimum atomic E-state index is -0.0820. The van der Waals surface area contributed by atoms with Gasteiger partial charge in [0.05, 0.1) is 11.9 Å². The van der Waals surface area contributed by atoms with Crippen LogP contribution in [0.5, 0.6) is 0 Å². The molecule has 5 nitrogen and oxygen atoms in total. The summed E-state index contributed by atoms with van der Waals surface area (Å²) in [7, 11) is 4.16. The van der Waals surface area contributed by atoms with E-state index in [1.807, 2.05) is 0 Å². The van der Waals surface area contributed by atoms with Crippen LogP contribution in [0.2, 0.25) is 0 Å². The molecule has 0 saturated heterocycles. The summed E-state index contributed by atoms with van der Waals surface area (Å²) in [5.74, 6) is 1.35. The Morgan fingerprint density at radius 3 is 1.84 bits per heavy atom. The van der Waals surface area contributed by atoms with E-state index in [0.717, 1.165) is 83.1 Å². The van der Waals surface area contributed by atoms with Crippen LogP contribution in [0.15, 0.2) is 85.3 Å². The third kappa shape index (κ3) is 37.3. The SMILES string of the molecule is C=C(CCN(C)C)OC1CCC(CC(=O)OCC(CCCCCCCCCC/C=C\C/C=C\C=C\CCC)OCCCCCCCC/C=C\C/C=C\CCCCC)C1C/C=C\CC. The Labute approximate surface area is 391 Å². The first-order valence-electron chi connectivity index (χ1n) is 26.6. The van der Waals surface area contributed by atoms with Crippen LogP contribution in [0.25, 0.3) is 0 Å². The average molecular weight is 876 g/mol. The molecule has 63 heavy (non-hydrogen) atoms. The molecular weight excluding hydrogens is 775 g/mol. The molecule has 0 spiro atoms. The fourth-order valence-electron chi connectivity index (χ4n) is 8.40. The van der Waals surface area contributed by atoms with E-state index in [-0.39, 0.29) is 24.1 Å². The molecule has 0 N–H and O–H groups in total. The van der Waals surface area contributed by atoms with E-state index in [0.29, 0.717) is 18.9 Å². The fourth-order valence-corrected chi connectivity index (χ4v) is 8.40. The molecule has 0 aromatic rings. The number of hydrogen-bond donors (Lipinski definition) is 0. The molecule has 0 amide bonds. The Balaban J connectivity index is 2.48. The van der Waals surface area contributed by atoms with Crippen molar-refractivity contribution in [1.82, 2.24) is 4.90 Å². The van der Waals surface area contributed by atoms with E-state index in [9.17, 15) is 4.79 Å². The first-order chi connectivity index (χ1) is 30.9. The van der Waals surface area contributed by atoms with E-state index in [1.54, 1.807) is 0 Å². The fraction of sp³-hybridized carbons (Fsp3) is 0.741. The molecule has 0 bridgehead atoms. The zero-order valence-corrected chi connectivity index (χ0v) is 42.1. The first kappa shape index (κ1) is 58.4. The van der Waals surface area contributed by atoms with Crippen molar-refractivity contribution >= 4 is 5.97 Å². The van der Waals surface area contributed by atoms with Crippen LogP contribution in [-0.2, 0) is 19.0 Å². The molecule has 1 saturated carbocycles. The topological polar surface area (TPSA) is 48.0 Å². The van der Waals surface area contributed by atoms with Gasteiger partial charge in [-0.25, -0.2) is 0 Å². The highest BCUT2D eigenvalue weighted by atomic mass is 16.6. The minimum absolute atomic E-state index is 0.0176. The molecule has 4 atom stereocenters. The number of carbonyl (C=O) groups excluding carboxylic acids is 1. The number of carbonyl (C=O) groups is 1. The monoisotopic (exact) mass is 876 g/mol. The van der Waals surface area contributed by atoms with Crippen LogP contribution in [0.1, 0.15) is 220 Å². The average Bonchev–Trinajstić information content (AvgIpc) is 3.64. The Kier molecular flexibility index (Phi) is 41.3. The van der Waals surface area contributed by atoms with Gasteiger partial charge in [0.2, 0.25) is 0 Å². The molecule has 0 heterocycles. The minimum Gasteiger partial charge on any atom is -0.495 e. The summed E-state index contributed by atoms with van der Waals surface area (Å²) in [6.45, 7) is 12.9. The van der Waals surface area contributed by atoms with Gasteiger partial charge in [0.1, 0.15) is 12.7 Å². The Morgan fingerprint density at radius 1 is 0.635 bits per heavy atom. The van der Waals surface area contributed by atoms with Gasteiger partial charge in [-0.3, -0.25) is 4.79 Å². The van der Waals surface area contributed by atoms with Crippen LogP contribution < -0.4 is 0 Å². The normalized spacial score (nSPS) is 17.7. The lowest BCUT2D eigenvalue weighted by molar-refractivity contribution is -0.149. The van der Waals surface area contributed by atoms with E-state index >= 15 is 0 Å². The lowest BCUT2D eigenvalue weighted by Gasteiger charge is -2.26. The summed E-state index contributed by atoms with van der Waals surface area (Å²) in [4.78, 5) is 15.5. The quantitative estimate of drug-likeness (QED) is 0.0201. The summed E-state index contributed by atoms with van der Waals surface area (Å²) in [5, 5.41) is 0. The number of esters is 1. The third-order valence-electron chi connectivity index (χ3n) is 12.4. The second kappa shape index (κ2) is 44.6. The third-order valence-corrected chi connectivity index (χ3v) is 12.4. The number of ether oxygens (including phenoxy) is 3. The van der Waals surface area contributed by atoms with E-state index in [4.69, 9.17) is 14.2 Å². The van der Waals surface area contributed by atoms with Crippen molar-refractivity contribution in [1.29, 1.82) is 0 Å². The van der Waals surface area contributed by atoms with Gasteiger partial charge in [-0.05, 0) is 116 Å². The number of hydrogen-bond acceptors (Lipinski definition) is 5. The maximum absolute atomic E-state index is 13.4. The second-order valence-corrected chi connectivity index (χ2v) is 18.6. The summed E-state index contributed by atoms with van der Waals surface area (Å²) in [6, 6.07) is 0. The first-order valence-corrected chi connectivity index (χ1v) is 26.6. The van der Waals surface area contributed by atoms with Crippen molar-refractivity contribution in [3.05, 3.63) is 85.3 Å². The van der Waals surface area contributed by atoms with Gasteiger partial charge in [0.15, 0.2) is 0 Å². The predicted molar refractivity (Wildman–Crippen MR) is 275 cm³/mol. The molecule has 1 rings (SSSR count). The van der Waals surface area contributed by atoms with Crippen molar-refractivity contribution in [3.8, 4) is 0 Å². The van der Waals surface area contributed by atoms with E-state index in [1.165, 1.54) is 128 Å². The molecule has 1 aliphatic rings. The Morgan fingerprint density at radius 2 is 1.22 bits per heavy atom. The zero-order valence-electron chi connectivity index (χ0n) is 42.1. The van der Waals surface area contributed by atoms with Crippen LogP contribution in [0.3, 0.4) is 0 Å². The van der Waals surface area contributed by atoms with Crippen molar-refractivity contribution in [3.63, 3.8) is 0 Å². The maximum Gasteiger partial charge on any atom is 0.306 e. The number of rotatable bonds is 44. The van der Waals surface area contributed by atoms with Gasteiger partial charge < -0.3 is 19.1 Å². The largest absolute Gasteiger partial charge is 0.495 e. The molecule has 0 aromatic carbocycles. The molecule has 4 unspecified atom stereocenters. The number of nitrogens with zero attached hydrogens (tertiary/aromatic N) is 1. The standard InChI is InChI=1S/C58H101NO4/c1-7-10-13-15-17-19-21-23-25-27-28-29-31-33-35-37-39-42-44-55(61-50-43-40-38-36-34-32-30-26-24-22-20-18-16-14-11-8-2)52-62-58(60)51-54-46-47-57(56(54)45-41-12-9-3)63-53(4)48-49-59(5)6/h12-13,15,17-20,23-26,41,54-57H,4,7-11,14,16,21-22,27-40,42-52H2,1-3,5-6H3/b15-13+,19-17-,20-18-,25-23-,26-24-,41-12-. The maximum atomic E-state index is 13.4. The van der Waals surface area contributed by atoms with Gasteiger partial charge in [0.25, 0.3) is 0 Å². The van der Waals surface area contributed by atoms with E-state index in [2.05, 4.69) is 119 Å². The van der Waals surface area contributed by atoms with Gasteiger partial charge in [-0.2, -0.15) is 0 Å². The van der Waals surface area contributed by atoms with Gasteiger partial charge >= 0.3 is 5.97 Å². The highest BCUT2D eigenvalue weighted by Crippen LogP contribution is 2.40. The Bertz CT molecular complexity index is 1230. The zero-order chi connectivity index (χ0) is 45.7. The van der Waals surface area contributed by atoms with Crippen molar-refractivity contribution in [2.75, 3.05) is 33.9 Å². The van der Waals surface area contributed by atoms with E-state index < -0.39 is 0 Å². The Hall–Kier alpha value is -2.63. The summed E-state index contributed by atoms with van der Waals surface area (Å²) in [6.07, 6.45) is 63.3. The summed E-state index contributed by atoms with van der Waals surface area (Å²) < 4.78 is 18.9. The highest BCUT2D eigenvalue weighted by Gasteiger charge is 2.38. The molecule has 362 valence electrons. The van der Waals surface area contributed by atoms with Crippen molar-refractivity contribution < 1.29 is 19.0 Å². The van der Waals surface area contributed by atoms with Crippen molar-refractivity contribution in [2.45, 2.75) is 232 Å². The van der Waals surface area contributed by atoms with Crippen LogP contribution in [-0.4, -0.2) is 56.9 Å². The molecule has 1 aliphatic carbocycles. The molecule has 5 heteroatoms.